The van der Waals surface area contributed by atoms with E-state index in [4.69, 9.17) is 18.9 Å². The van der Waals surface area contributed by atoms with E-state index in [0.29, 0.717) is 17.4 Å². The van der Waals surface area contributed by atoms with Crippen molar-refractivity contribution >= 4 is 17.9 Å². The highest BCUT2D eigenvalue weighted by atomic mass is 16.7. The topological polar surface area (TPSA) is 108 Å². The zero-order valence-corrected chi connectivity index (χ0v) is 48.2. The summed E-state index contributed by atoms with van der Waals surface area (Å²) in [6.45, 7) is 4.60. The summed E-state index contributed by atoms with van der Waals surface area (Å²) in [6.07, 6.45) is 76.7. The molecule has 0 saturated heterocycles. The number of likely N-dealkylation sites (N-methyl/N-ethyl adjacent to an activating group) is 1. The Morgan fingerprint density at radius 1 is 0.400 bits per heavy atom. The Labute approximate surface area is 459 Å². The Hall–Kier alpha value is -4.57. The summed E-state index contributed by atoms with van der Waals surface area (Å²) in [4.78, 5) is 37.5. The Kier molecular flexibility index (Phi) is 52.3. The molecule has 0 aliphatic carbocycles. The Bertz CT molecular complexity index is 1690. The number of carboxylic acid groups (broad SMARTS) is 1. The maximum atomic E-state index is 12.9. The second-order valence-electron chi connectivity index (χ2n) is 20.2. The van der Waals surface area contributed by atoms with E-state index in [-0.39, 0.29) is 38.6 Å². The molecule has 0 aliphatic heterocycles. The van der Waals surface area contributed by atoms with E-state index in [1.807, 2.05) is 21.1 Å². The average molecular weight is 1040 g/mol. The van der Waals surface area contributed by atoms with Crippen LogP contribution in [0.5, 0.6) is 0 Å². The van der Waals surface area contributed by atoms with Gasteiger partial charge in [-0.1, -0.05) is 218 Å². The number of carbonyl (C=O) groups is 3. The van der Waals surface area contributed by atoms with Gasteiger partial charge in [0.05, 0.1) is 34.4 Å². The predicted molar refractivity (Wildman–Crippen MR) is 317 cm³/mol. The van der Waals surface area contributed by atoms with Gasteiger partial charge in [-0.25, -0.2) is 4.79 Å². The van der Waals surface area contributed by atoms with Gasteiger partial charge in [-0.05, 0) is 109 Å². The summed E-state index contributed by atoms with van der Waals surface area (Å²) in [5.41, 5.74) is 0. The summed E-state index contributed by atoms with van der Waals surface area (Å²) in [7, 11) is 5.95. The van der Waals surface area contributed by atoms with Crippen LogP contribution >= 0.6 is 0 Å². The number of allylic oxidation sites excluding steroid dienone is 22. The molecule has 2 atom stereocenters. The van der Waals surface area contributed by atoms with Gasteiger partial charge in [0.25, 0.3) is 6.29 Å². The van der Waals surface area contributed by atoms with Crippen LogP contribution in [0.25, 0.3) is 0 Å². The molecule has 0 bridgehead atoms. The summed E-state index contributed by atoms with van der Waals surface area (Å²) in [5.74, 6) is -2.06. The Balaban J connectivity index is 4.32. The van der Waals surface area contributed by atoms with Gasteiger partial charge < -0.3 is 28.5 Å². The number of quaternary nitrogens is 1. The molecule has 0 saturated carbocycles. The fourth-order valence-corrected chi connectivity index (χ4v) is 7.45. The van der Waals surface area contributed by atoms with Crippen molar-refractivity contribution in [3.63, 3.8) is 0 Å². The van der Waals surface area contributed by atoms with Crippen LogP contribution in [-0.4, -0.2) is 87.4 Å². The number of unbranched alkanes of at least 4 members (excludes halogenated alkanes) is 15. The lowest BCUT2D eigenvalue weighted by molar-refractivity contribution is -0.870. The van der Waals surface area contributed by atoms with Crippen molar-refractivity contribution in [3.05, 3.63) is 134 Å². The molecule has 2 unspecified atom stereocenters. The normalized spacial score (nSPS) is 13.8. The van der Waals surface area contributed by atoms with Crippen molar-refractivity contribution in [1.29, 1.82) is 0 Å². The van der Waals surface area contributed by atoms with E-state index in [1.165, 1.54) is 51.4 Å². The number of nitrogens with zero attached hydrogens (tertiary/aromatic N) is 1. The van der Waals surface area contributed by atoms with Crippen molar-refractivity contribution < 1.29 is 42.9 Å². The van der Waals surface area contributed by atoms with E-state index < -0.39 is 24.3 Å². The summed E-state index contributed by atoms with van der Waals surface area (Å²) < 4.78 is 22.9. The number of ether oxygens (including phenoxy) is 4. The average Bonchev–Trinajstić information content (AvgIpc) is 3.38. The van der Waals surface area contributed by atoms with Crippen molar-refractivity contribution in [2.24, 2.45) is 0 Å². The van der Waals surface area contributed by atoms with Crippen molar-refractivity contribution in [3.8, 4) is 0 Å². The van der Waals surface area contributed by atoms with Crippen LogP contribution < -0.4 is 0 Å². The van der Waals surface area contributed by atoms with Gasteiger partial charge in [0, 0.05) is 12.8 Å². The first kappa shape index (κ1) is 70.4. The molecule has 0 fully saturated rings. The third-order valence-corrected chi connectivity index (χ3v) is 11.9. The molecule has 0 heterocycles. The zero-order valence-electron chi connectivity index (χ0n) is 48.2. The number of hydrogen-bond donors (Lipinski definition) is 1. The third-order valence-electron chi connectivity index (χ3n) is 11.9. The largest absolute Gasteiger partial charge is 0.477 e. The zero-order chi connectivity index (χ0) is 54.8. The maximum absolute atomic E-state index is 12.9. The Morgan fingerprint density at radius 2 is 0.720 bits per heavy atom. The third kappa shape index (κ3) is 57.0. The molecule has 1 N–H and O–H groups in total. The monoisotopic (exact) mass is 1040 g/mol. The second-order valence-corrected chi connectivity index (χ2v) is 20.2. The first-order valence-corrected chi connectivity index (χ1v) is 29.3. The molecule has 424 valence electrons. The number of carboxylic acids is 1. The first-order valence-electron chi connectivity index (χ1n) is 29.3. The van der Waals surface area contributed by atoms with E-state index in [2.05, 4.69) is 148 Å². The van der Waals surface area contributed by atoms with E-state index in [0.717, 1.165) is 122 Å². The molecular weight excluding hydrogens is 935 g/mol. The molecule has 0 aliphatic rings. The summed E-state index contributed by atoms with van der Waals surface area (Å²) in [6, 6.07) is 0. The standard InChI is InChI=1S/C66H107NO8/c1-6-8-10-12-14-16-18-20-22-24-26-28-30-31-32-33-35-36-38-40-42-44-46-48-50-52-54-56-63(68)73-60-62(61-74-66(65(70)71)72-59-58-67(3,4)5)75-64(69)57-55-53-51-49-47-45-43-41-39-37-34-29-27-25-23-21-19-17-15-13-11-9-7-2/h8-11,14-17,20-23,26-29,31-32,37,39,43,45,62,66H,6-7,12-13,18-19,24-25,30,33-36,38,40-42,44,46-61H2,1-5H3/p+1/b10-8-,11-9-,16-14-,17-15-,22-20-,23-21-,28-26-,29-27-,32-31-,39-37-,45-43-. The summed E-state index contributed by atoms with van der Waals surface area (Å²) >= 11 is 0. The van der Waals surface area contributed by atoms with Crippen LogP contribution in [0.1, 0.15) is 206 Å². The van der Waals surface area contributed by atoms with Crippen molar-refractivity contribution in [2.75, 3.05) is 47.5 Å². The number of hydrogen-bond acceptors (Lipinski definition) is 7. The van der Waals surface area contributed by atoms with Crippen LogP contribution in [0.3, 0.4) is 0 Å². The number of carbonyl (C=O) groups excluding carboxylic acids is 2. The van der Waals surface area contributed by atoms with Crippen LogP contribution in [-0.2, 0) is 33.3 Å². The van der Waals surface area contributed by atoms with Crippen LogP contribution in [0.15, 0.2) is 134 Å². The minimum Gasteiger partial charge on any atom is -0.477 e. The number of rotatable bonds is 52. The fraction of sp³-hybridized carbons (Fsp3) is 0.621. The Morgan fingerprint density at radius 3 is 1.07 bits per heavy atom. The van der Waals surface area contributed by atoms with E-state index in [9.17, 15) is 19.5 Å². The van der Waals surface area contributed by atoms with Crippen LogP contribution in [0.2, 0.25) is 0 Å². The summed E-state index contributed by atoms with van der Waals surface area (Å²) in [5, 5.41) is 9.71. The smallest absolute Gasteiger partial charge is 0.361 e. The molecule has 0 radical (unpaired) electrons. The van der Waals surface area contributed by atoms with Gasteiger partial charge in [-0.15, -0.1) is 0 Å². The number of esters is 2. The molecular formula is C66H108NO8+. The molecule has 0 amide bonds. The highest BCUT2D eigenvalue weighted by molar-refractivity contribution is 5.71. The lowest BCUT2D eigenvalue weighted by Gasteiger charge is -2.25. The molecule has 0 spiro atoms. The lowest BCUT2D eigenvalue weighted by Crippen LogP contribution is -2.40. The molecule has 0 aromatic carbocycles. The fourth-order valence-electron chi connectivity index (χ4n) is 7.45. The molecule has 0 aromatic heterocycles. The molecule has 0 aromatic rings. The maximum Gasteiger partial charge on any atom is 0.361 e. The van der Waals surface area contributed by atoms with Gasteiger partial charge in [0.15, 0.2) is 6.10 Å². The SMILES string of the molecule is CC/C=C\C/C=C\C/C=C\C/C=C\C/C=C\C/C=C\CCCCCCC(=O)OC(COC(=O)CCCCCCCCCCCCC/C=C\C/C=C\C/C=C\C/C=C\C/C=C\CC)COC(OCC[N+](C)(C)C)C(=O)O. The van der Waals surface area contributed by atoms with E-state index in [1.54, 1.807) is 0 Å². The van der Waals surface area contributed by atoms with Gasteiger partial charge in [-0.3, -0.25) is 9.59 Å². The highest BCUT2D eigenvalue weighted by Crippen LogP contribution is 2.14. The highest BCUT2D eigenvalue weighted by Gasteiger charge is 2.25. The molecule has 75 heavy (non-hydrogen) atoms. The minimum absolute atomic E-state index is 0.174. The van der Waals surface area contributed by atoms with Gasteiger partial charge in [0.2, 0.25) is 0 Å². The molecule has 9 heteroatoms. The lowest BCUT2D eigenvalue weighted by atomic mass is 10.0. The quantitative estimate of drug-likeness (QED) is 0.0211. The van der Waals surface area contributed by atoms with Crippen molar-refractivity contribution in [2.45, 2.75) is 219 Å². The minimum atomic E-state index is -1.53. The molecule has 0 rings (SSSR count). The predicted octanol–water partition coefficient (Wildman–Crippen LogP) is 17.5. The van der Waals surface area contributed by atoms with Gasteiger partial charge in [0.1, 0.15) is 13.2 Å². The van der Waals surface area contributed by atoms with Crippen molar-refractivity contribution in [1.82, 2.24) is 0 Å². The first-order chi connectivity index (χ1) is 36.6. The number of aliphatic carboxylic acids is 1. The van der Waals surface area contributed by atoms with Crippen LogP contribution in [0, 0.1) is 0 Å². The van der Waals surface area contributed by atoms with Crippen LogP contribution in [0.4, 0.5) is 0 Å². The molecule has 9 nitrogen and oxygen atoms in total. The second kappa shape index (κ2) is 55.7. The van der Waals surface area contributed by atoms with E-state index >= 15 is 0 Å². The van der Waals surface area contributed by atoms with Gasteiger partial charge >= 0.3 is 17.9 Å². The van der Waals surface area contributed by atoms with Gasteiger partial charge in [-0.2, -0.15) is 0 Å².